The second-order valence-corrected chi connectivity index (χ2v) is 9.11. The largest absolute Gasteiger partial charge is 0.491 e. The van der Waals surface area contributed by atoms with Crippen molar-refractivity contribution in [2.45, 2.75) is 37.7 Å². The van der Waals surface area contributed by atoms with Gasteiger partial charge in [-0.2, -0.15) is 0 Å². The van der Waals surface area contributed by atoms with E-state index in [2.05, 4.69) is 27.0 Å². The van der Waals surface area contributed by atoms with Gasteiger partial charge in [0.1, 0.15) is 5.75 Å². The first-order valence-corrected chi connectivity index (χ1v) is 11.4. The van der Waals surface area contributed by atoms with Crippen LogP contribution in [0.1, 0.15) is 32.3 Å². The fourth-order valence-corrected chi connectivity index (χ4v) is 4.38. The number of carbonyl (C=O) groups is 1. The van der Waals surface area contributed by atoms with Gasteiger partial charge in [-0.25, -0.2) is 0 Å². The normalized spacial score (nSPS) is 14.6. The highest BCUT2D eigenvalue weighted by Gasteiger charge is 2.17. The lowest BCUT2D eigenvalue weighted by Gasteiger charge is -2.15. The van der Waals surface area contributed by atoms with E-state index < -0.39 is 0 Å². The first-order valence-electron chi connectivity index (χ1n) is 9.66. The van der Waals surface area contributed by atoms with Crippen molar-refractivity contribution in [1.29, 1.82) is 0 Å². The Morgan fingerprint density at radius 3 is 2.64 bits per heavy atom. The van der Waals surface area contributed by atoms with E-state index in [1.165, 1.54) is 12.8 Å². The molecule has 2 aromatic carbocycles. The molecule has 0 saturated carbocycles. The smallest absolute Gasteiger partial charge is 0.175 e. The van der Waals surface area contributed by atoms with Crippen LogP contribution in [0.5, 0.6) is 5.75 Å². The van der Waals surface area contributed by atoms with Crippen LogP contribution in [0.3, 0.4) is 0 Å². The molecule has 0 amide bonds. The molecule has 1 aliphatic rings. The lowest BCUT2D eigenvalue weighted by Crippen LogP contribution is -2.15. The maximum absolute atomic E-state index is 13.1. The van der Waals surface area contributed by atoms with Crippen molar-refractivity contribution in [2.24, 2.45) is 0 Å². The fraction of sp³-hybridized carbons (Fsp3) is 0.348. The number of Topliss-reactive ketones (excluding diaryl/α,β-unsaturated/α-hetero) is 1. The van der Waals surface area contributed by atoms with E-state index in [4.69, 9.17) is 4.74 Å². The number of carbonyl (C=O) groups excluding carboxylic acids is 1. The Balaban J connectivity index is 1.74. The van der Waals surface area contributed by atoms with Crippen molar-refractivity contribution in [3.05, 3.63) is 64.8 Å². The van der Waals surface area contributed by atoms with Gasteiger partial charge in [0.2, 0.25) is 0 Å². The molecule has 3 rings (SSSR count). The summed E-state index contributed by atoms with van der Waals surface area (Å²) in [6.45, 7) is 6.06. The van der Waals surface area contributed by atoms with Gasteiger partial charge >= 0.3 is 0 Å². The summed E-state index contributed by atoms with van der Waals surface area (Å²) in [5.74, 6) is 1.38. The molecular formula is C23H26BrNO2S. The summed E-state index contributed by atoms with van der Waals surface area (Å²) in [6.07, 6.45) is 4.56. The first-order chi connectivity index (χ1) is 13.5. The van der Waals surface area contributed by atoms with Crippen LogP contribution in [0.4, 0.5) is 0 Å². The Hall–Kier alpha value is -1.72. The highest BCUT2D eigenvalue weighted by molar-refractivity contribution is 9.10. The van der Waals surface area contributed by atoms with Crippen molar-refractivity contribution in [3.8, 4) is 5.75 Å². The molecule has 1 saturated heterocycles. The van der Waals surface area contributed by atoms with Crippen molar-refractivity contribution in [1.82, 2.24) is 4.90 Å². The topological polar surface area (TPSA) is 29.5 Å². The average Bonchev–Trinajstić information content (AvgIpc) is 3.17. The van der Waals surface area contributed by atoms with Gasteiger partial charge < -0.3 is 9.64 Å². The molecule has 2 aromatic rings. The van der Waals surface area contributed by atoms with Crippen molar-refractivity contribution < 1.29 is 9.53 Å². The first kappa shape index (κ1) is 21.0. The van der Waals surface area contributed by atoms with Crippen LogP contribution < -0.4 is 4.74 Å². The molecular weight excluding hydrogens is 434 g/mol. The summed E-state index contributed by atoms with van der Waals surface area (Å²) < 4.78 is 6.74. The molecule has 3 nitrogen and oxygen atoms in total. The number of benzene rings is 2. The average molecular weight is 460 g/mol. The Bertz CT molecular complexity index is 844. The molecule has 0 radical (unpaired) electrons. The quantitative estimate of drug-likeness (QED) is 0.355. The summed E-state index contributed by atoms with van der Waals surface area (Å²) in [5.41, 5.74) is 1.74. The van der Waals surface area contributed by atoms with E-state index >= 15 is 0 Å². The molecule has 1 aliphatic heterocycles. The molecule has 0 N–H and O–H groups in total. The predicted molar refractivity (Wildman–Crippen MR) is 121 cm³/mol. The lowest BCUT2D eigenvalue weighted by molar-refractivity contribution is -0.111. The number of likely N-dealkylation sites (tertiary alicyclic amines) is 1. The summed E-state index contributed by atoms with van der Waals surface area (Å²) in [4.78, 5) is 16.4. The van der Waals surface area contributed by atoms with E-state index in [1.807, 2.05) is 62.4 Å². The second-order valence-electron chi connectivity index (χ2n) is 7.15. The van der Waals surface area contributed by atoms with E-state index in [0.717, 1.165) is 39.3 Å². The predicted octanol–water partition coefficient (Wildman–Crippen LogP) is 6.03. The Kier molecular flexibility index (Phi) is 7.63. The molecule has 0 unspecified atom stereocenters. The Labute approximate surface area is 180 Å². The van der Waals surface area contributed by atoms with E-state index in [0.29, 0.717) is 5.75 Å². The number of thioether (sulfide) groups is 1. The SMILES string of the molecule is CC(C)Oc1cccc(SCC(=O)C(=CN2CCCC2)c2cccc(Br)c2)c1. The van der Waals surface area contributed by atoms with E-state index in [9.17, 15) is 4.79 Å². The van der Waals surface area contributed by atoms with Gasteiger partial charge in [-0.3, -0.25) is 4.79 Å². The van der Waals surface area contributed by atoms with Crippen LogP contribution >= 0.6 is 27.7 Å². The monoisotopic (exact) mass is 459 g/mol. The lowest BCUT2D eigenvalue weighted by atomic mass is 10.0. The van der Waals surface area contributed by atoms with Gasteiger partial charge in [0.25, 0.3) is 0 Å². The molecule has 0 bridgehead atoms. The number of halogens is 1. The summed E-state index contributed by atoms with van der Waals surface area (Å²) >= 11 is 5.08. The van der Waals surface area contributed by atoms with Crippen LogP contribution in [-0.4, -0.2) is 35.6 Å². The van der Waals surface area contributed by atoms with Gasteiger partial charge in [-0.15, -0.1) is 11.8 Å². The maximum atomic E-state index is 13.1. The Morgan fingerprint density at radius 1 is 1.18 bits per heavy atom. The van der Waals surface area contributed by atoms with Crippen molar-refractivity contribution in [3.63, 3.8) is 0 Å². The minimum absolute atomic E-state index is 0.133. The third-order valence-corrected chi connectivity index (χ3v) is 5.92. The highest BCUT2D eigenvalue weighted by Crippen LogP contribution is 2.27. The van der Waals surface area contributed by atoms with Crippen molar-refractivity contribution >= 4 is 39.0 Å². The summed E-state index contributed by atoms with van der Waals surface area (Å²) in [6, 6.07) is 15.9. The molecule has 0 atom stereocenters. The van der Waals surface area contributed by atoms with E-state index in [-0.39, 0.29) is 11.9 Å². The molecule has 0 aliphatic carbocycles. The molecule has 0 spiro atoms. The fourth-order valence-electron chi connectivity index (χ4n) is 3.15. The van der Waals surface area contributed by atoms with Gasteiger partial charge in [-0.1, -0.05) is 34.1 Å². The number of hydrogen-bond donors (Lipinski definition) is 0. The van der Waals surface area contributed by atoms with Gasteiger partial charge in [0, 0.05) is 34.2 Å². The number of rotatable bonds is 8. The van der Waals surface area contributed by atoms with E-state index in [1.54, 1.807) is 11.8 Å². The van der Waals surface area contributed by atoms with Crippen LogP contribution in [0.25, 0.3) is 5.57 Å². The molecule has 5 heteroatoms. The number of ketones is 1. The van der Waals surface area contributed by atoms with Gasteiger partial charge in [0.05, 0.1) is 11.9 Å². The standard InChI is InChI=1S/C23H26BrNO2S/c1-17(2)27-20-9-6-10-21(14-20)28-16-23(26)22(15-25-11-3-4-12-25)18-7-5-8-19(24)13-18/h5-10,13-15,17H,3-4,11-12,16H2,1-2H3. The third-order valence-electron chi connectivity index (χ3n) is 4.44. The zero-order valence-corrected chi connectivity index (χ0v) is 18.8. The number of ether oxygens (including phenoxy) is 1. The third kappa shape index (κ3) is 6.14. The van der Waals surface area contributed by atoms with Crippen LogP contribution in [0.15, 0.2) is 64.1 Å². The van der Waals surface area contributed by atoms with Crippen molar-refractivity contribution in [2.75, 3.05) is 18.8 Å². The molecule has 148 valence electrons. The number of allylic oxidation sites excluding steroid dienone is 1. The zero-order valence-electron chi connectivity index (χ0n) is 16.4. The Morgan fingerprint density at radius 2 is 1.93 bits per heavy atom. The highest BCUT2D eigenvalue weighted by atomic mass is 79.9. The zero-order chi connectivity index (χ0) is 19.9. The minimum Gasteiger partial charge on any atom is -0.491 e. The van der Waals surface area contributed by atoms with Crippen LogP contribution in [0.2, 0.25) is 0 Å². The molecule has 0 aromatic heterocycles. The maximum Gasteiger partial charge on any atom is 0.175 e. The second kappa shape index (κ2) is 10.2. The number of hydrogen-bond acceptors (Lipinski definition) is 4. The summed E-state index contributed by atoms with van der Waals surface area (Å²) in [7, 11) is 0. The minimum atomic E-state index is 0.133. The van der Waals surface area contributed by atoms with Crippen LogP contribution in [0, 0.1) is 0 Å². The summed E-state index contributed by atoms with van der Waals surface area (Å²) in [5, 5.41) is 0. The number of nitrogens with zero attached hydrogens (tertiary/aromatic N) is 1. The molecule has 1 heterocycles. The molecule has 28 heavy (non-hydrogen) atoms. The van der Waals surface area contributed by atoms with Gasteiger partial charge in [0.15, 0.2) is 5.78 Å². The van der Waals surface area contributed by atoms with Crippen LogP contribution in [-0.2, 0) is 4.79 Å². The van der Waals surface area contributed by atoms with Gasteiger partial charge in [-0.05, 0) is 62.6 Å². The molecule has 1 fully saturated rings.